The Kier molecular flexibility index (Phi) is 8.27. The van der Waals surface area contributed by atoms with Crippen LogP contribution in [-0.4, -0.2) is 54.1 Å². The quantitative estimate of drug-likeness (QED) is 0.591. The van der Waals surface area contributed by atoms with Crippen molar-refractivity contribution in [1.82, 2.24) is 14.9 Å². The Labute approximate surface area is 186 Å². The standard InChI is InChI=1S/C25H36N4O2/c1-5-6-7-9-24(30)28-14-8-15-29(17-16-28)25-23(19(2)26-20(3)27-25)18-21-10-12-22(31-4)13-11-21/h10-13H,5-9,14-18H2,1-4H3. The van der Waals surface area contributed by atoms with Gasteiger partial charge in [-0.2, -0.15) is 0 Å². The van der Waals surface area contributed by atoms with Gasteiger partial charge in [0.15, 0.2) is 0 Å². The van der Waals surface area contributed by atoms with Crippen LogP contribution in [0.3, 0.4) is 0 Å². The third kappa shape index (κ3) is 6.18. The molecule has 0 N–H and O–H groups in total. The highest BCUT2D eigenvalue weighted by Gasteiger charge is 2.23. The molecular weight excluding hydrogens is 388 g/mol. The van der Waals surface area contributed by atoms with E-state index >= 15 is 0 Å². The number of nitrogens with zero attached hydrogens (tertiary/aromatic N) is 4. The van der Waals surface area contributed by atoms with E-state index < -0.39 is 0 Å². The number of carbonyl (C=O) groups excluding carboxylic acids is 1. The van der Waals surface area contributed by atoms with Crippen LogP contribution in [-0.2, 0) is 11.2 Å². The summed E-state index contributed by atoms with van der Waals surface area (Å²) < 4.78 is 5.29. The third-order valence-corrected chi connectivity index (χ3v) is 5.99. The molecule has 1 saturated heterocycles. The number of methoxy groups -OCH3 is 1. The van der Waals surface area contributed by atoms with Crippen LogP contribution in [0.15, 0.2) is 24.3 Å². The van der Waals surface area contributed by atoms with Gasteiger partial charge in [-0.05, 0) is 44.4 Å². The summed E-state index contributed by atoms with van der Waals surface area (Å²) in [5.41, 5.74) is 3.40. The van der Waals surface area contributed by atoms with Gasteiger partial charge >= 0.3 is 0 Å². The summed E-state index contributed by atoms with van der Waals surface area (Å²) in [6.07, 6.45) is 5.67. The van der Waals surface area contributed by atoms with Crippen molar-refractivity contribution in [2.24, 2.45) is 0 Å². The molecule has 1 amide bonds. The second-order valence-electron chi connectivity index (χ2n) is 8.36. The van der Waals surface area contributed by atoms with E-state index in [4.69, 9.17) is 9.72 Å². The Morgan fingerprint density at radius 3 is 2.52 bits per heavy atom. The Bertz CT molecular complexity index is 867. The summed E-state index contributed by atoms with van der Waals surface area (Å²) in [5, 5.41) is 0. The molecule has 0 bridgehead atoms. The number of hydrogen-bond acceptors (Lipinski definition) is 5. The molecule has 6 nitrogen and oxygen atoms in total. The molecule has 0 atom stereocenters. The molecule has 1 aliphatic heterocycles. The van der Waals surface area contributed by atoms with Gasteiger partial charge in [-0.15, -0.1) is 0 Å². The lowest BCUT2D eigenvalue weighted by atomic mass is 10.0. The Morgan fingerprint density at radius 2 is 1.81 bits per heavy atom. The summed E-state index contributed by atoms with van der Waals surface area (Å²) in [5.74, 6) is 2.96. The van der Waals surface area contributed by atoms with Crippen molar-refractivity contribution in [2.45, 2.75) is 59.3 Å². The fraction of sp³-hybridized carbons (Fsp3) is 0.560. The average molecular weight is 425 g/mol. The predicted molar refractivity (Wildman–Crippen MR) is 125 cm³/mol. The van der Waals surface area contributed by atoms with Crippen molar-refractivity contribution in [3.05, 3.63) is 46.9 Å². The lowest BCUT2D eigenvalue weighted by molar-refractivity contribution is -0.131. The number of carbonyl (C=O) groups is 1. The van der Waals surface area contributed by atoms with E-state index in [1.54, 1.807) is 7.11 Å². The first kappa shape index (κ1) is 23.0. The van der Waals surface area contributed by atoms with E-state index in [1.807, 2.05) is 24.0 Å². The fourth-order valence-electron chi connectivity index (χ4n) is 4.20. The van der Waals surface area contributed by atoms with Crippen molar-refractivity contribution < 1.29 is 9.53 Å². The minimum Gasteiger partial charge on any atom is -0.497 e. The number of hydrogen-bond donors (Lipinski definition) is 0. The first-order chi connectivity index (χ1) is 15.0. The third-order valence-electron chi connectivity index (χ3n) is 5.99. The smallest absolute Gasteiger partial charge is 0.222 e. The van der Waals surface area contributed by atoms with Gasteiger partial charge < -0.3 is 14.5 Å². The van der Waals surface area contributed by atoms with E-state index in [9.17, 15) is 4.79 Å². The van der Waals surface area contributed by atoms with Gasteiger partial charge in [0.2, 0.25) is 5.91 Å². The van der Waals surface area contributed by atoms with Crippen LogP contribution in [0.2, 0.25) is 0 Å². The Hall–Kier alpha value is -2.63. The number of amides is 1. The molecule has 1 aliphatic rings. The van der Waals surface area contributed by atoms with E-state index in [0.29, 0.717) is 12.3 Å². The number of aryl methyl sites for hydroxylation is 2. The van der Waals surface area contributed by atoms with E-state index in [-0.39, 0.29) is 0 Å². The van der Waals surface area contributed by atoms with Crippen molar-refractivity contribution in [1.29, 1.82) is 0 Å². The van der Waals surface area contributed by atoms with Crippen molar-refractivity contribution in [2.75, 3.05) is 38.2 Å². The zero-order valence-corrected chi connectivity index (χ0v) is 19.5. The minimum atomic E-state index is 0.295. The molecule has 6 heteroatoms. The van der Waals surface area contributed by atoms with E-state index in [0.717, 1.165) is 81.4 Å². The summed E-state index contributed by atoms with van der Waals surface area (Å²) in [6, 6.07) is 8.18. The molecule has 1 fully saturated rings. The van der Waals surface area contributed by atoms with Crippen molar-refractivity contribution >= 4 is 11.7 Å². The summed E-state index contributed by atoms with van der Waals surface area (Å²) in [6.45, 7) is 9.50. The minimum absolute atomic E-state index is 0.295. The first-order valence-electron chi connectivity index (χ1n) is 11.5. The zero-order chi connectivity index (χ0) is 22.2. The number of ether oxygens (including phenoxy) is 1. The SMILES string of the molecule is CCCCCC(=O)N1CCCN(c2nc(C)nc(C)c2Cc2ccc(OC)cc2)CC1. The molecule has 1 aromatic carbocycles. The van der Waals surface area contributed by atoms with Crippen LogP contribution in [0.4, 0.5) is 5.82 Å². The highest BCUT2D eigenvalue weighted by molar-refractivity contribution is 5.76. The summed E-state index contributed by atoms with van der Waals surface area (Å²) in [7, 11) is 1.68. The number of unbranched alkanes of at least 4 members (excludes halogenated alkanes) is 2. The van der Waals surface area contributed by atoms with Gasteiger partial charge in [-0.3, -0.25) is 4.79 Å². The van der Waals surface area contributed by atoms with Crippen molar-refractivity contribution in [3.63, 3.8) is 0 Å². The van der Waals surface area contributed by atoms with Gasteiger partial charge in [-0.25, -0.2) is 9.97 Å². The number of benzene rings is 1. The molecule has 0 radical (unpaired) electrons. The first-order valence-corrected chi connectivity index (χ1v) is 11.5. The van der Waals surface area contributed by atoms with Crippen LogP contribution in [0.1, 0.15) is 61.7 Å². The maximum Gasteiger partial charge on any atom is 0.222 e. The normalized spacial score (nSPS) is 14.5. The average Bonchev–Trinajstić information content (AvgIpc) is 3.02. The molecular formula is C25H36N4O2. The van der Waals surface area contributed by atoms with Gasteiger partial charge in [0.1, 0.15) is 17.4 Å². The van der Waals surface area contributed by atoms with Crippen LogP contribution in [0.25, 0.3) is 0 Å². The number of anilines is 1. The highest BCUT2D eigenvalue weighted by atomic mass is 16.5. The lowest BCUT2D eigenvalue weighted by Crippen LogP contribution is -2.35. The molecule has 3 rings (SSSR count). The molecule has 2 aromatic rings. The zero-order valence-electron chi connectivity index (χ0n) is 19.5. The van der Waals surface area contributed by atoms with Crippen molar-refractivity contribution in [3.8, 4) is 5.75 Å². The lowest BCUT2D eigenvalue weighted by Gasteiger charge is -2.26. The van der Waals surface area contributed by atoms with Gasteiger partial charge in [-0.1, -0.05) is 31.9 Å². The monoisotopic (exact) mass is 424 g/mol. The Morgan fingerprint density at radius 1 is 1.03 bits per heavy atom. The summed E-state index contributed by atoms with van der Waals surface area (Å²) in [4.78, 5) is 26.5. The number of aromatic nitrogens is 2. The highest BCUT2D eigenvalue weighted by Crippen LogP contribution is 2.26. The Balaban J connectivity index is 1.76. The molecule has 1 aromatic heterocycles. The topological polar surface area (TPSA) is 58.6 Å². The fourth-order valence-corrected chi connectivity index (χ4v) is 4.20. The van der Waals surface area contributed by atoms with Crippen LogP contribution in [0, 0.1) is 13.8 Å². The van der Waals surface area contributed by atoms with Crippen LogP contribution < -0.4 is 9.64 Å². The molecule has 168 valence electrons. The summed E-state index contributed by atoms with van der Waals surface area (Å²) >= 11 is 0. The number of rotatable bonds is 8. The largest absolute Gasteiger partial charge is 0.497 e. The van der Waals surface area contributed by atoms with E-state index in [1.165, 1.54) is 11.1 Å². The molecule has 2 heterocycles. The second kappa shape index (κ2) is 11.1. The predicted octanol–water partition coefficient (Wildman–Crippen LogP) is 4.31. The van der Waals surface area contributed by atoms with Gasteiger partial charge in [0.25, 0.3) is 0 Å². The van der Waals surface area contributed by atoms with Gasteiger partial charge in [0, 0.05) is 50.3 Å². The maximum atomic E-state index is 12.6. The molecule has 0 saturated carbocycles. The second-order valence-corrected chi connectivity index (χ2v) is 8.36. The molecule has 31 heavy (non-hydrogen) atoms. The maximum absolute atomic E-state index is 12.6. The van der Waals surface area contributed by atoms with Crippen LogP contribution >= 0.6 is 0 Å². The van der Waals surface area contributed by atoms with E-state index in [2.05, 4.69) is 35.9 Å². The molecule has 0 aliphatic carbocycles. The molecule has 0 unspecified atom stereocenters. The van der Waals surface area contributed by atoms with Gasteiger partial charge in [0.05, 0.1) is 7.11 Å². The van der Waals surface area contributed by atoms with Crippen LogP contribution in [0.5, 0.6) is 5.75 Å². The molecule has 0 spiro atoms.